The van der Waals surface area contributed by atoms with Crippen LogP contribution in [0.5, 0.6) is 5.75 Å². The Morgan fingerprint density at radius 1 is 1.12 bits per heavy atom. The molecule has 0 unspecified atom stereocenters. The van der Waals surface area contributed by atoms with Gasteiger partial charge in [0.2, 0.25) is 5.91 Å². The zero-order valence-electron chi connectivity index (χ0n) is 16.9. The van der Waals surface area contributed by atoms with Crippen molar-refractivity contribution in [3.8, 4) is 17.0 Å². The SMILES string of the molecule is COc1cccc(-c2ccc(=O)n(CCCC(=O)Nc3ccc(F)c(C(F)(F)F)c3)n2)c1. The summed E-state index contributed by atoms with van der Waals surface area (Å²) in [4.78, 5) is 24.2. The van der Waals surface area contributed by atoms with Gasteiger partial charge < -0.3 is 10.1 Å². The van der Waals surface area contributed by atoms with Gasteiger partial charge in [0.15, 0.2) is 0 Å². The third kappa shape index (κ3) is 5.71. The fraction of sp³-hybridized carbons (Fsp3) is 0.227. The molecule has 1 aromatic heterocycles. The van der Waals surface area contributed by atoms with Crippen LogP contribution in [-0.4, -0.2) is 22.8 Å². The summed E-state index contributed by atoms with van der Waals surface area (Å²) in [5.41, 5.74) is -0.698. The lowest BCUT2D eigenvalue weighted by Gasteiger charge is -2.11. The molecule has 0 radical (unpaired) electrons. The predicted octanol–water partition coefficient (Wildman–Crippen LogP) is 4.50. The quantitative estimate of drug-likeness (QED) is 0.540. The van der Waals surface area contributed by atoms with Crippen molar-refractivity contribution >= 4 is 11.6 Å². The number of hydrogen-bond acceptors (Lipinski definition) is 4. The number of aryl methyl sites for hydroxylation is 1. The van der Waals surface area contributed by atoms with E-state index in [0.29, 0.717) is 23.6 Å². The predicted molar refractivity (Wildman–Crippen MR) is 110 cm³/mol. The van der Waals surface area contributed by atoms with E-state index in [9.17, 15) is 27.2 Å². The van der Waals surface area contributed by atoms with Gasteiger partial charge in [-0.2, -0.15) is 18.3 Å². The highest BCUT2D eigenvalue weighted by Gasteiger charge is 2.34. The Balaban J connectivity index is 1.63. The summed E-state index contributed by atoms with van der Waals surface area (Å²) >= 11 is 0. The maximum Gasteiger partial charge on any atom is 0.419 e. The molecule has 0 fully saturated rings. The lowest BCUT2D eigenvalue weighted by Crippen LogP contribution is -2.23. The van der Waals surface area contributed by atoms with Crippen LogP contribution >= 0.6 is 0 Å². The van der Waals surface area contributed by atoms with Crippen LogP contribution in [-0.2, 0) is 17.5 Å². The van der Waals surface area contributed by atoms with E-state index in [4.69, 9.17) is 4.74 Å². The van der Waals surface area contributed by atoms with Gasteiger partial charge in [-0.1, -0.05) is 12.1 Å². The van der Waals surface area contributed by atoms with Crippen LogP contribution < -0.4 is 15.6 Å². The molecule has 3 aromatic rings. The maximum atomic E-state index is 13.3. The van der Waals surface area contributed by atoms with Gasteiger partial charge in [-0.05, 0) is 42.8 Å². The Kier molecular flexibility index (Phi) is 6.92. The first-order valence-electron chi connectivity index (χ1n) is 9.56. The van der Waals surface area contributed by atoms with Crippen molar-refractivity contribution in [1.29, 1.82) is 0 Å². The van der Waals surface area contributed by atoms with Crippen molar-refractivity contribution in [3.05, 3.63) is 76.3 Å². The first kappa shape index (κ1) is 23.0. The highest BCUT2D eigenvalue weighted by molar-refractivity contribution is 5.90. The molecule has 0 aliphatic rings. The second-order valence-corrected chi connectivity index (χ2v) is 6.86. The van der Waals surface area contributed by atoms with Crippen LogP contribution in [0.3, 0.4) is 0 Å². The minimum atomic E-state index is -4.87. The van der Waals surface area contributed by atoms with E-state index in [0.717, 1.165) is 11.6 Å². The fourth-order valence-corrected chi connectivity index (χ4v) is 2.98. The average molecular weight is 449 g/mol. The summed E-state index contributed by atoms with van der Waals surface area (Å²) < 4.78 is 58.1. The number of methoxy groups -OCH3 is 1. The van der Waals surface area contributed by atoms with E-state index in [2.05, 4.69) is 10.4 Å². The Labute approximate surface area is 180 Å². The minimum Gasteiger partial charge on any atom is -0.497 e. The Bertz CT molecular complexity index is 1180. The molecular formula is C22H19F4N3O3. The first-order valence-corrected chi connectivity index (χ1v) is 9.56. The standard InChI is InChI=1S/C22H19F4N3O3/c1-32-16-5-2-4-14(12-16)19-9-10-21(31)29(28-19)11-3-6-20(30)27-15-7-8-18(23)17(13-15)22(24,25)26/h2,4-5,7-10,12-13H,3,6,11H2,1H3,(H,27,30). The molecule has 1 N–H and O–H groups in total. The largest absolute Gasteiger partial charge is 0.497 e. The number of carbonyl (C=O) groups is 1. The van der Waals surface area contributed by atoms with Gasteiger partial charge >= 0.3 is 6.18 Å². The molecule has 32 heavy (non-hydrogen) atoms. The van der Waals surface area contributed by atoms with Crippen molar-refractivity contribution in [2.24, 2.45) is 0 Å². The van der Waals surface area contributed by atoms with Gasteiger partial charge in [-0.3, -0.25) is 9.59 Å². The molecule has 2 aromatic carbocycles. The van der Waals surface area contributed by atoms with Crippen molar-refractivity contribution < 1.29 is 27.1 Å². The molecule has 0 atom stereocenters. The fourth-order valence-electron chi connectivity index (χ4n) is 2.98. The molecule has 1 heterocycles. The highest BCUT2D eigenvalue weighted by atomic mass is 19.4. The molecule has 0 aliphatic carbocycles. The average Bonchev–Trinajstić information content (AvgIpc) is 2.75. The summed E-state index contributed by atoms with van der Waals surface area (Å²) in [6.07, 6.45) is -4.73. The van der Waals surface area contributed by atoms with Crippen LogP contribution in [0.4, 0.5) is 23.2 Å². The number of carbonyl (C=O) groups excluding carboxylic acids is 1. The van der Waals surface area contributed by atoms with E-state index >= 15 is 0 Å². The van der Waals surface area contributed by atoms with Gasteiger partial charge in [0.05, 0.1) is 18.4 Å². The van der Waals surface area contributed by atoms with Gasteiger partial charge in [-0.15, -0.1) is 0 Å². The number of hydrogen-bond donors (Lipinski definition) is 1. The summed E-state index contributed by atoms with van der Waals surface area (Å²) in [7, 11) is 1.54. The number of amides is 1. The summed E-state index contributed by atoms with van der Waals surface area (Å²) in [5.74, 6) is -1.35. The smallest absolute Gasteiger partial charge is 0.419 e. The molecule has 0 bridgehead atoms. The van der Waals surface area contributed by atoms with E-state index in [1.807, 2.05) is 6.07 Å². The Morgan fingerprint density at radius 3 is 2.62 bits per heavy atom. The number of anilines is 1. The van der Waals surface area contributed by atoms with E-state index < -0.39 is 23.5 Å². The first-order chi connectivity index (χ1) is 15.2. The highest BCUT2D eigenvalue weighted by Crippen LogP contribution is 2.33. The summed E-state index contributed by atoms with van der Waals surface area (Å²) in [5, 5.41) is 6.60. The van der Waals surface area contributed by atoms with Crippen molar-refractivity contribution in [1.82, 2.24) is 9.78 Å². The van der Waals surface area contributed by atoms with Crippen LogP contribution in [0.25, 0.3) is 11.3 Å². The van der Waals surface area contributed by atoms with Gasteiger partial charge in [-0.25, -0.2) is 9.07 Å². The molecule has 10 heteroatoms. The van der Waals surface area contributed by atoms with Gasteiger partial charge in [0.25, 0.3) is 5.56 Å². The zero-order chi connectivity index (χ0) is 23.3. The molecular weight excluding hydrogens is 430 g/mol. The van der Waals surface area contributed by atoms with Crippen LogP contribution in [0.1, 0.15) is 18.4 Å². The molecule has 0 aliphatic heterocycles. The van der Waals surface area contributed by atoms with Crippen molar-refractivity contribution in [2.45, 2.75) is 25.6 Å². The molecule has 6 nitrogen and oxygen atoms in total. The maximum absolute atomic E-state index is 13.3. The third-order valence-electron chi connectivity index (χ3n) is 4.56. The number of ether oxygens (including phenoxy) is 1. The number of nitrogens with zero attached hydrogens (tertiary/aromatic N) is 2. The van der Waals surface area contributed by atoms with Gasteiger partial charge in [0.1, 0.15) is 11.6 Å². The number of alkyl halides is 3. The number of nitrogens with one attached hydrogen (secondary N) is 1. The van der Waals surface area contributed by atoms with E-state index in [1.165, 1.54) is 17.9 Å². The van der Waals surface area contributed by atoms with Crippen molar-refractivity contribution in [2.75, 3.05) is 12.4 Å². The summed E-state index contributed by atoms with van der Waals surface area (Å²) in [6, 6.07) is 12.3. The van der Waals surface area contributed by atoms with Crippen LogP contribution in [0.2, 0.25) is 0 Å². The third-order valence-corrected chi connectivity index (χ3v) is 4.56. The van der Waals surface area contributed by atoms with Crippen LogP contribution in [0, 0.1) is 5.82 Å². The molecule has 0 saturated carbocycles. The lowest BCUT2D eigenvalue weighted by atomic mass is 10.1. The summed E-state index contributed by atoms with van der Waals surface area (Å²) in [6.45, 7) is 0.126. The second-order valence-electron chi connectivity index (χ2n) is 6.86. The Morgan fingerprint density at radius 2 is 1.91 bits per heavy atom. The molecule has 168 valence electrons. The monoisotopic (exact) mass is 449 g/mol. The zero-order valence-corrected chi connectivity index (χ0v) is 16.9. The minimum absolute atomic E-state index is 0.0732. The normalized spacial score (nSPS) is 11.3. The van der Waals surface area contributed by atoms with E-state index in [1.54, 1.807) is 24.3 Å². The number of aromatic nitrogens is 2. The molecule has 1 amide bonds. The Hall–Kier alpha value is -3.69. The number of benzene rings is 2. The van der Waals surface area contributed by atoms with E-state index in [-0.39, 0.29) is 30.6 Å². The number of halogens is 4. The molecule has 3 rings (SSSR count). The number of rotatable bonds is 7. The van der Waals surface area contributed by atoms with Crippen LogP contribution in [0.15, 0.2) is 59.4 Å². The van der Waals surface area contributed by atoms with Gasteiger partial charge in [0, 0.05) is 30.3 Å². The molecule has 0 saturated heterocycles. The van der Waals surface area contributed by atoms with Crippen molar-refractivity contribution in [3.63, 3.8) is 0 Å². The topological polar surface area (TPSA) is 73.2 Å². The lowest BCUT2D eigenvalue weighted by molar-refractivity contribution is -0.140. The molecule has 0 spiro atoms. The second kappa shape index (κ2) is 9.63.